The van der Waals surface area contributed by atoms with Gasteiger partial charge in [0.05, 0.1) is 18.9 Å². The molecule has 0 spiro atoms. The van der Waals surface area contributed by atoms with Crippen LogP contribution >= 0.6 is 0 Å². The van der Waals surface area contributed by atoms with Gasteiger partial charge in [-0.05, 0) is 47.4 Å². The second-order valence-electron chi connectivity index (χ2n) is 8.73. The molecule has 0 unspecified atom stereocenters. The Bertz CT molecular complexity index is 1500. The van der Waals surface area contributed by atoms with Crippen LogP contribution in [0.1, 0.15) is 21.6 Å². The van der Waals surface area contributed by atoms with E-state index >= 15 is 0 Å². The SMILES string of the molecule is COc1cc(-c2coc3cc(-c4cn(C)nc4C(F)(F)F)ccc23)cc2c1C(=O)N(CC(F)(F)F)CC2. The highest BCUT2D eigenvalue weighted by Crippen LogP contribution is 2.41. The minimum absolute atomic E-state index is 0.0769. The highest BCUT2D eigenvalue weighted by molar-refractivity contribution is 6.02. The minimum Gasteiger partial charge on any atom is -0.496 e. The zero-order valence-corrected chi connectivity index (χ0v) is 19.5. The van der Waals surface area contributed by atoms with Gasteiger partial charge >= 0.3 is 12.4 Å². The van der Waals surface area contributed by atoms with Crippen molar-refractivity contribution in [3.8, 4) is 28.0 Å². The number of carbonyl (C=O) groups is 1. The number of aromatic nitrogens is 2. The minimum atomic E-state index is -4.63. The fraction of sp³-hybridized carbons (Fsp3) is 0.280. The maximum absolute atomic E-state index is 13.4. The van der Waals surface area contributed by atoms with E-state index in [1.165, 1.54) is 44.8 Å². The molecule has 1 aliphatic rings. The van der Waals surface area contributed by atoms with E-state index in [0.717, 1.165) is 9.58 Å². The maximum atomic E-state index is 13.4. The molecular weight excluding hydrogens is 504 g/mol. The molecule has 194 valence electrons. The number of aryl methyl sites for hydroxylation is 1. The van der Waals surface area contributed by atoms with Crippen LogP contribution in [0.4, 0.5) is 26.3 Å². The van der Waals surface area contributed by atoms with Crippen LogP contribution in [0.5, 0.6) is 5.75 Å². The third kappa shape index (κ3) is 4.51. The van der Waals surface area contributed by atoms with Crippen molar-refractivity contribution in [3.05, 3.63) is 59.6 Å². The summed E-state index contributed by atoms with van der Waals surface area (Å²) in [6.45, 7) is -1.45. The third-order valence-corrected chi connectivity index (χ3v) is 6.22. The lowest BCUT2D eigenvalue weighted by Crippen LogP contribution is -2.43. The Balaban J connectivity index is 1.54. The standard InChI is InChI=1S/C25H19F6N3O3/c1-33-10-17(22(32-33)25(29,30)31)13-3-4-16-18(11-37-19(16)8-13)15-7-14-5-6-34(12-24(26,27)28)23(35)21(14)20(9-15)36-2/h3-4,7-11H,5-6,12H2,1-2H3. The number of ether oxygens (including phenoxy) is 1. The van der Waals surface area contributed by atoms with Crippen molar-refractivity contribution in [2.45, 2.75) is 18.8 Å². The van der Waals surface area contributed by atoms with Crippen LogP contribution in [0.3, 0.4) is 0 Å². The Labute approximate surface area is 206 Å². The molecule has 0 N–H and O–H groups in total. The Morgan fingerprint density at radius 3 is 2.49 bits per heavy atom. The first-order valence-electron chi connectivity index (χ1n) is 11.1. The summed E-state index contributed by atoms with van der Waals surface area (Å²) in [7, 11) is 2.72. The van der Waals surface area contributed by atoms with Crippen LogP contribution in [0, 0.1) is 0 Å². The molecule has 4 aromatic rings. The molecular formula is C25H19F6N3O3. The van der Waals surface area contributed by atoms with E-state index in [2.05, 4.69) is 5.10 Å². The van der Waals surface area contributed by atoms with Crippen LogP contribution in [0.2, 0.25) is 0 Å². The first-order valence-corrected chi connectivity index (χ1v) is 11.1. The van der Waals surface area contributed by atoms with Gasteiger partial charge in [-0.1, -0.05) is 6.07 Å². The van der Waals surface area contributed by atoms with Gasteiger partial charge in [-0.25, -0.2) is 0 Å². The zero-order valence-electron chi connectivity index (χ0n) is 19.5. The molecule has 1 amide bonds. The van der Waals surface area contributed by atoms with Crippen molar-refractivity contribution in [1.82, 2.24) is 14.7 Å². The molecule has 12 heteroatoms. The summed E-state index contributed by atoms with van der Waals surface area (Å²) >= 11 is 0. The van der Waals surface area contributed by atoms with Gasteiger partial charge in [0.25, 0.3) is 5.91 Å². The molecule has 0 radical (unpaired) electrons. The molecule has 0 aliphatic carbocycles. The van der Waals surface area contributed by atoms with E-state index in [9.17, 15) is 31.1 Å². The highest BCUT2D eigenvalue weighted by atomic mass is 19.4. The van der Waals surface area contributed by atoms with Crippen molar-refractivity contribution in [2.75, 3.05) is 20.2 Å². The molecule has 2 aromatic heterocycles. The molecule has 0 saturated carbocycles. The Kier molecular flexibility index (Phi) is 5.72. The van der Waals surface area contributed by atoms with Crippen LogP contribution in [-0.2, 0) is 19.6 Å². The number of amides is 1. The Morgan fingerprint density at radius 1 is 1.05 bits per heavy atom. The Morgan fingerprint density at radius 2 is 1.81 bits per heavy atom. The lowest BCUT2D eigenvalue weighted by Gasteiger charge is -2.30. The molecule has 5 rings (SSSR count). The fourth-order valence-corrected chi connectivity index (χ4v) is 4.64. The number of rotatable bonds is 4. The number of halogens is 6. The van der Waals surface area contributed by atoms with E-state index in [1.807, 2.05) is 0 Å². The first-order chi connectivity index (χ1) is 17.4. The van der Waals surface area contributed by atoms with E-state index in [-0.39, 0.29) is 35.4 Å². The van der Waals surface area contributed by atoms with Gasteiger partial charge < -0.3 is 14.1 Å². The number of fused-ring (bicyclic) bond motifs is 2. The third-order valence-electron chi connectivity index (χ3n) is 6.22. The van der Waals surface area contributed by atoms with Crippen molar-refractivity contribution >= 4 is 16.9 Å². The lowest BCUT2D eigenvalue weighted by molar-refractivity contribution is -0.141. The van der Waals surface area contributed by atoms with Crippen LogP contribution in [-0.4, -0.2) is 47.0 Å². The second kappa shape index (κ2) is 8.56. The number of alkyl halides is 6. The molecule has 3 heterocycles. The summed E-state index contributed by atoms with van der Waals surface area (Å²) in [4.78, 5) is 13.5. The van der Waals surface area contributed by atoms with E-state index < -0.39 is 30.5 Å². The summed E-state index contributed by atoms with van der Waals surface area (Å²) in [5.41, 5.74) is 1.30. The molecule has 1 aliphatic heterocycles. The van der Waals surface area contributed by atoms with Crippen molar-refractivity contribution in [3.63, 3.8) is 0 Å². The number of carbonyl (C=O) groups excluding carboxylic acids is 1. The van der Waals surface area contributed by atoms with Gasteiger partial charge in [0.2, 0.25) is 0 Å². The van der Waals surface area contributed by atoms with E-state index in [0.29, 0.717) is 27.7 Å². The van der Waals surface area contributed by atoms with E-state index in [4.69, 9.17) is 9.15 Å². The number of furan rings is 1. The average Bonchev–Trinajstić information content (AvgIpc) is 3.42. The Hall–Kier alpha value is -3.96. The first kappa shape index (κ1) is 24.7. The zero-order chi connectivity index (χ0) is 26.7. The molecule has 2 aromatic carbocycles. The molecule has 6 nitrogen and oxygen atoms in total. The average molecular weight is 523 g/mol. The molecule has 0 bridgehead atoms. The molecule has 37 heavy (non-hydrogen) atoms. The van der Waals surface area contributed by atoms with Gasteiger partial charge in [0, 0.05) is 36.3 Å². The monoisotopic (exact) mass is 523 g/mol. The number of nitrogens with zero attached hydrogens (tertiary/aromatic N) is 3. The largest absolute Gasteiger partial charge is 0.496 e. The highest BCUT2D eigenvalue weighted by Gasteiger charge is 2.38. The summed E-state index contributed by atoms with van der Waals surface area (Å²) in [5.74, 6) is -0.638. The summed E-state index contributed by atoms with van der Waals surface area (Å²) in [6.07, 6.45) is -6.24. The van der Waals surface area contributed by atoms with E-state index in [1.54, 1.807) is 12.1 Å². The number of hydrogen-bond acceptors (Lipinski definition) is 4. The predicted octanol–water partition coefficient (Wildman–Crippen LogP) is 6.09. The number of benzene rings is 2. The molecule has 0 fully saturated rings. The van der Waals surface area contributed by atoms with Crippen LogP contribution in [0.25, 0.3) is 33.2 Å². The maximum Gasteiger partial charge on any atom is 0.435 e. The second-order valence-corrected chi connectivity index (χ2v) is 8.73. The molecule has 0 saturated heterocycles. The lowest BCUT2D eigenvalue weighted by atomic mass is 9.92. The number of hydrogen-bond donors (Lipinski definition) is 0. The van der Waals surface area contributed by atoms with Crippen molar-refractivity contribution < 1.29 is 40.3 Å². The van der Waals surface area contributed by atoms with Crippen LogP contribution < -0.4 is 4.74 Å². The predicted molar refractivity (Wildman–Crippen MR) is 121 cm³/mol. The normalized spacial score (nSPS) is 14.4. The molecule has 0 atom stereocenters. The quantitative estimate of drug-likeness (QED) is 0.304. The van der Waals surface area contributed by atoms with Gasteiger partial charge in [-0.15, -0.1) is 0 Å². The van der Waals surface area contributed by atoms with Gasteiger partial charge in [-0.3, -0.25) is 9.48 Å². The number of methoxy groups -OCH3 is 1. The fourth-order valence-electron chi connectivity index (χ4n) is 4.64. The topological polar surface area (TPSA) is 60.5 Å². The summed E-state index contributed by atoms with van der Waals surface area (Å²) < 4.78 is 91.1. The van der Waals surface area contributed by atoms with Gasteiger partial charge in [-0.2, -0.15) is 31.4 Å². The van der Waals surface area contributed by atoms with Gasteiger partial charge in [0.1, 0.15) is 17.9 Å². The summed E-state index contributed by atoms with van der Waals surface area (Å²) in [5, 5.41) is 4.14. The van der Waals surface area contributed by atoms with Crippen molar-refractivity contribution in [1.29, 1.82) is 0 Å². The van der Waals surface area contributed by atoms with Crippen molar-refractivity contribution in [2.24, 2.45) is 7.05 Å². The van der Waals surface area contributed by atoms with Gasteiger partial charge in [0.15, 0.2) is 5.69 Å². The smallest absolute Gasteiger partial charge is 0.435 e. The van der Waals surface area contributed by atoms with Crippen LogP contribution in [0.15, 0.2) is 47.2 Å². The summed E-state index contributed by atoms with van der Waals surface area (Å²) in [6, 6.07) is 7.87.